The van der Waals surface area contributed by atoms with Gasteiger partial charge in [0.05, 0.1) is 12.2 Å². The number of pyridine rings is 1. The summed E-state index contributed by atoms with van der Waals surface area (Å²) >= 11 is 1.90. The van der Waals surface area contributed by atoms with Crippen molar-refractivity contribution < 1.29 is 0 Å². The number of halogens is 1. The van der Waals surface area contributed by atoms with Gasteiger partial charge in [-0.3, -0.25) is 4.98 Å². The number of nitrogens with zero attached hydrogens (tertiary/aromatic N) is 2. The molecule has 1 heterocycles. The highest BCUT2D eigenvalue weighted by Crippen LogP contribution is 2.04. The molecule has 6 heteroatoms. The molecular weight excluding hydrogens is 395 g/mol. The van der Waals surface area contributed by atoms with E-state index in [0.29, 0.717) is 6.54 Å². The summed E-state index contributed by atoms with van der Waals surface area (Å²) in [5.41, 5.74) is 2.22. The molecule has 0 saturated heterocycles. The van der Waals surface area contributed by atoms with Gasteiger partial charge in [-0.25, -0.2) is 4.99 Å². The van der Waals surface area contributed by atoms with E-state index < -0.39 is 0 Å². The van der Waals surface area contributed by atoms with Gasteiger partial charge >= 0.3 is 0 Å². The Morgan fingerprint density at radius 3 is 2.81 bits per heavy atom. The summed E-state index contributed by atoms with van der Waals surface area (Å²) in [6.45, 7) is 6.61. The zero-order valence-corrected chi connectivity index (χ0v) is 16.3. The van der Waals surface area contributed by atoms with Gasteiger partial charge in [0.2, 0.25) is 0 Å². The molecule has 1 aromatic rings. The van der Waals surface area contributed by atoms with E-state index in [1.54, 1.807) is 0 Å². The maximum Gasteiger partial charge on any atom is 0.191 e. The molecule has 0 fully saturated rings. The van der Waals surface area contributed by atoms with Crippen LogP contribution in [0.15, 0.2) is 23.3 Å². The zero-order valence-electron chi connectivity index (χ0n) is 13.2. The van der Waals surface area contributed by atoms with Crippen LogP contribution in [0.4, 0.5) is 0 Å². The first kappa shape index (κ1) is 20.5. The molecule has 1 rings (SSSR count). The Kier molecular flexibility index (Phi) is 12.9. The molecule has 0 saturated carbocycles. The van der Waals surface area contributed by atoms with Crippen LogP contribution in [0.1, 0.15) is 31.0 Å². The van der Waals surface area contributed by atoms with Gasteiger partial charge < -0.3 is 10.6 Å². The second kappa shape index (κ2) is 13.2. The topological polar surface area (TPSA) is 49.3 Å². The van der Waals surface area contributed by atoms with E-state index in [9.17, 15) is 0 Å². The molecule has 0 amide bonds. The standard InChI is InChI=1S/C15H26N4S.HI/c1-4-16-15(18-9-5-6-11-20-3)19-12-14-13(2)8-7-10-17-14;/h7-8,10H,4-6,9,11-12H2,1-3H3,(H2,16,18,19);1H. The molecule has 0 radical (unpaired) electrons. The summed E-state index contributed by atoms with van der Waals surface area (Å²) in [4.78, 5) is 8.95. The van der Waals surface area contributed by atoms with Gasteiger partial charge in [0, 0.05) is 19.3 Å². The Hall–Kier alpha value is -0.500. The van der Waals surface area contributed by atoms with Crippen LogP contribution in [0.25, 0.3) is 0 Å². The Morgan fingerprint density at radius 2 is 2.14 bits per heavy atom. The molecule has 0 aliphatic rings. The third kappa shape index (κ3) is 9.18. The minimum absolute atomic E-state index is 0. The number of aromatic nitrogens is 1. The lowest BCUT2D eigenvalue weighted by Gasteiger charge is -2.11. The SMILES string of the molecule is CCNC(=NCc1ncccc1C)NCCCCSC.I. The van der Waals surface area contributed by atoms with E-state index in [1.165, 1.54) is 24.2 Å². The lowest BCUT2D eigenvalue weighted by Crippen LogP contribution is -2.37. The van der Waals surface area contributed by atoms with Crippen molar-refractivity contribution in [1.29, 1.82) is 0 Å². The number of unbranched alkanes of at least 4 members (excludes halogenated alkanes) is 1. The quantitative estimate of drug-likeness (QED) is 0.292. The Bertz CT molecular complexity index is 412. The molecule has 0 aromatic carbocycles. The number of aliphatic imine (C=N–C) groups is 1. The smallest absolute Gasteiger partial charge is 0.191 e. The van der Waals surface area contributed by atoms with Gasteiger partial charge in [-0.2, -0.15) is 11.8 Å². The van der Waals surface area contributed by atoms with Crippen LogP contribution >= 0.6 is 35.7 Å². The predicted molar refractivity (Wildman–Crippen MR) is 105 cm³/mol. The molecule has 0 atom stereocenters. The van der Waals surface area contributed by atoms with Gasteiger partial charge in [0.15, 0.2) is 5.96 Å². The first-order valence-corrected chi connectivity index (χ1v) is 8.59. The van der Waals surface area contributed by atoms with Crippen LogP contribution in [-0.4, -0.2) is 36.0 Å². The van der Waals surface area contributed by atoms with Crippen molar-refractivity contribution in [2.24, 2.45) is 4.99 Å². The van der Waals surface area contributed by atoms with Crippen molar-refractivity contribution in [2.75, 3.05) is 25.1 Å². The fraction of sp³-hybridized carbons (Fsp3) is 0.600. The predicted octanol–water partition coefficient (Wildman–Crippen LogP) is 3.21. The number of nitrogens with one attached hydrogen (secondary N) is 2. The first-order chi connectivity index (χ1) is 9.77. The van der Waals surface area contributed by atoms with Gasteiger partial charge in [0.25, 0.3) is 0 Å². The number of rotatable bonds is 8. The van der Waals surface area contributed by atoms with Crippen LogP contribution in [-0.2, 0) is 6.54 Å². The van der Waals surface area contributed by atoms with E-state index in [0.717, 1.165) is 24.7 Å². The van der Waals surface area contributed by atoms with Crippen molar-refractivity contribution >= 4 is 41.7 Å². The number of hydrogen-bond acceptors (Lipinski definition) is 3. The van der Waals surface area contributed by atoms with Crippen LogP contribution in [0.2, 0.25) is 0 Å². The van der Waals surface area contributed by atoms with Crippen molar-refractivity contribution in [2.45, 2.75) is 33.2 Å². The summed E-state index contributed by atoms with van der Waals surface area (Å²) in [6.07, 6.45) is 6.38. The molecule has 4 nitrogen and oxygen atoms in total. The molecule has 2 N–H and O–H groups in total. The normalized spacial score (nSPS) is 10.9. The third-order valence-corrected chi connectivity index (χ3v) is 3.61. The van der Waals surface area contributed by atoms with Crippen molar-refractivity contribution in [1.82, 2.24) is 15.6 Å². The number of aryl methyl sites for hydroxylation is 1. The monoisotopic (exact) mass is 422 g/mol. The number of hydrogen-bond donors (Lipinski definition) is 2. The molecule has 0 unspecified atom stereocenters. The molecule has 0 spiro atoms. The van der Waals surface area contributed by atoms with Crippen molar-refractivity contribution in [3.05, 3.63) is 29.6 Å². The van der Waals surface area contributed by atoms with Gasteiger partial charge in [-0.1, -0.05) is 6.07 Å². The number of guanidine groups is 1. The molecule has 0 bridgehead atoms. The van der Waals surface area contributed by atoms with Gasteiger partial charge in [-0.05, 0) is 50.3 Å². The minimum atomic E-state index is 0. The highest BCUT2D eigenvalue weighted by atomic mass is 127. The molecule has 120 valence electrons. The first-order valence-electron chi connectivity index (χ1n) is 7.19. The van der Waals surface area contributed by atoms with E-state index in [-0.39, 0.29) is 24.0 Å². The molecular formula is C15H27IN4S. The summed E-state index contributed by atoms with van der Waals surface area (Å²) in [6, 6.07) is 4.03. The fourth-order valence-electron chi connectivity index (χ4n) is 1.76. The maximum atomic E-state index is 4.59. The summed E-state index contributed by atoms with van der Waals surface area (Å²) in [5.74, 6) is 2.10. The summed E-state index contributed by atoms with van der Waals surface area (Å²) in [7, 11) is 0. The average Bonchev–Trinajstić information content (AvgIpc) is 2.46. The van der Waals surface area contributed by atoms with Crippen LogP contribution in [0.3, 0.4) is 0 Å². The Morgan fingerprint density at radius 1 is 1.33 bits per heavy atom. The average molecular weight is 422 g/mol. The van der Waals surface area contributed by atoms with Crippen LogP contribution < -0.4 is 10.6 Å². The lowest BCUT2D eigenvalue weighted by molar-refractivity contribution is 0.733. The molecule has 21 heavy (non-hydrogen) atoms. The largest absolute Gasteiger partial charge is 0.357 e. The highest BCUT2D eigenvalue weighted by Gasteiger charge is 2.00. The van der Waals surface area contributed by atoms with Crippen LogP contribution in [0.5, 0.6) is 0 Å². The van der Waals surface area contributed by atoms with E-state index in [1.807, 2.05) is 24.0 Å². The maximum absolute atomic E-state index is 4.59. The second-order valence-corrected chi connectivity index (χ2v) is 5.57. The van der Waals surface area contributed by atoms with Gasteiger partial charge in [-0.15, -0.1) is 24.0 Å². The zero-order chi connectivity index (χ0) is 14.6. The van der Waals surface area contributed by atoms with Crippen molar-refractivity contribution in [3.63, 3.8) is 0 Å². The minimum Gasteiger partial charge on any atom is -0.357 e. The van der Waals surface area contributed by atoms with Crippen LogP contribution in [0, 0.1) is 6.92 Å². The fourth-order valence-corrected chi connectivity index (χ4v) is 2.25. The summed E-state index contributed by atoms with van der Waals surface area (Å²) in [5, 5.41) is 6.64. The van der Waals surface area contributed by atoms with Crippen molar-refractivity contribution in [3.8, 4) is 0 Å². The van der Waals surface area contributed by atoms with Gasteiger partial charge in [0.1, 0.15) is 0 Å². The van der Waals surface area contributed by atoms with E-state index in [2.05, 4.69) is 46.8 Å². The second-order valence-electron chi connectivity index (χ2n) is 4.59. The Labute approximate surface area is 150 Å². The Balaban J connectivity index is 0.00000400. The highest BCUT2D eigenvalue weighted by molar-refractivity contribution is 14.0. The summed E-state index contributed by atoms with van der Waals surface area (Å²) < 4.78 is 0. The molecule has 0 aliphatic heterocycles. The molecule has 0 aliphatic carbocycles. The lowest BCUT2D eigenvalue weighted by atomic mass is 10.2. The third-order valence-electron chi connectivity index (χ3n) is 2.92. The number of thioether (sulfide) groups is 1. The molecule has 1 aromatic heterocycles. The van der Waals surface area contributed by atoms with E-state index in [4.69, 9.17) is 0 Å². The van der Waals surface area contributed by atoms with E-state index >= 15 is 0 Å².